The third kappa shape index (κ3) is 4.55. The molecule has 31 heavy (non-hydrogen) atoms. The van der Waals surface area contributed by atoms with Crippen molar-refractivity contribution in [1.29, 1.82) is 0 Å². The first kappa shape index (κ1) is 21.3. The van der Waals surface area contributed by atoms with Gasteiger partial charge in [-0.3, -0.25) is 9.59 Å². The minimum Gasteiger partial charge on any atom is -0.490 e. The Morgan fingerprint density at radius 2 is 1.90 bits per heavy atom. The zero-order valence-corrected chi connectivity index (χ0v) is 16.8. The van der Waals surface area contributed by atoms with Gasteiger partial charge in [0.2, 0.25) is 0 Å². The molecule has 1 N–H and O–H groups in total. The second kappa shape index (κ2) is 8.64. The predicted molar refractivity (Wildman–Crippen MR) is 108 cm³/mol. The third-order valence-corrected chi connectivity index (χ3v) is 5.38. The van der Waals surface area contributed by atoms with Crippen LogP contribution in [-0.2, 0) is 9.53 Å². The third-order valence-electron chi connectivity index (χ3n) is 5.10. The number of benzene rings is 2. The summed E-state index contributed by atoms with van der Waals surface area (Å²) in [5.74, 6) is -2.21. The Hall–Kier alpha value is -2.97. The van der Waals surface area contributed by atoms with E-state index in [1.807, 2.05) is 0 Å². The van der Waals surface area contributed by atoms with Crippen LogP contribution in [0.4, 0.5) is 8.78 Å². The van der Waals surface area contributed by atoms with Crippen LogP contribution in [0.25, 0.3) is 22.3 Å². The van der Waals surface area contributed by atoms with Crippen molar-refractivity contribution in [2.24, 2.45) is 5.92 Å². The Kier molecular flexibility index (Phi) is 5.93. The van der Waals surface area contributed by atoms with E-state index in [1.54, 1.807) is 0 Å². The molecule has 0 atom stereocenters. The number of carboxylic acid groups (broad SMARTS) is 1. The first-order valence-electron chi connectivity index (χ1n) is 9.52. The van der Waals surface area contributed by atoms with Crippen molar-refractivity contribution < 1.29 is 32.6 Å². The quantitative estimate of drug-likeness (QED) is 0.527. The fraction of sp³-hybridized carbons (Fsp3) is 0.273. The van der Waals surface area contributed by atoms with Crippen LogP contribution in [0.1, 0.15) is 12.8 Å². The number of ether oxygens (including phenoxy) is 2. The molecule has 4 rings (SSSR count). The van der Waals surface area contributed by atoms with Crippen LogP contribution in [0.15, 0.2) is 45.6 Å². The molecule has 1 fully saturated rings. The summed E-state index contributed by atoms with van der Waals surface area (Å²) in [6.45, 7) is 0.258. The van der Waals surface area contributed by atoms with Gasteiger partial charge in [-0.1, -0.05) is 11.6 Å². The van der Waals surface area contributed by atoms with Crippen LogP contribution in [0, 0.1) is 17.6 Å². The minimum atomic E-state index is -0.833. The Balaban J connectivity index is 1.52. The van der Waals surface area contributed by atoms with Crippen molar-refractivity contribution in [3.63, 3.8) is 0 Å². The zero-order chi connectivity index (χ0) is 22.1. The van der Waals surface area contributed by atoms with Gasteiger partial charge in [0.25, 0.3) is 0 Å². The average Bonchev–Trinajstić information content (AvgIpc) is 2.66. The van der Waals surface area contributed by atoms with Crippen LogP contribution >= 0.6 is 11.6 Å². The second-order valence-corrected chi connectivity index (χ2v) is 7.63. The molecule has 0 saturated heterocycles. The van der Waals surface area contributed by atoms with Crippen LogP contribution in [0.5, 0.6) is 5.75 Å². The zero-order valence-electron chi connectivity index (χ0n) is 16.1. The molecule has 3 aromatic rings. The van der Waals surface area contributed by atoms with Gasteiger partial charge in [0.05, 0.1) is 34.6 Å². The van der Waals surface area contributed by atoms with Crippen LogP contribution in [-0.4, -0.2) is 30.4 Å². The normalized spacial score (nSPS) is 18.0. The maximum atomic E-state index is 13.8. The van der Waals surface area contributed by atoms with E-state index in [0.29, 0.717) is 18.4 Å². The van der Waals surface area contributed by atoms with Crippen LogP contribution in [0.2, 0.25) is 5.02 Å². The van der Waals surface area contributed by atoms with Crippen molar-refractivity contribution >= 4 is 28.5 Å². The Morgan fingerprint density at radius 3 is 2.65 bits per heavy atom. The number of halogens is 3. The van der Waals surface area contributed by atoms with E-state index in [0.717, 1.165) is 24.3 Å². The number of carboxylic acids is 1. The topological polar surface area (TPSA) is 86.0 Å². The molecule has 0 amide bonds. The lowest BCUT2D eigenvalue weighted by molar-refractivity contribution is -0.151. The molecule has 0 spiro atoms. The van der Waals surface area contributed by atoms with Crippen LogP contribution in [0.3, 0.4) is 0 Å². The summed E-state index contributed by atoms with van der Waals surface area (Å²) in [5.41, 5.74) is -0.174. The Labute approximate surface area is 180 Å². The SMILES string of the molecule is O=C(O)C1CC(OCCOc2cc(F)ccc2-c2cc(=O)c3cc(F)cc(Cl)c3o2)C1. The number of rotatable bonds is 7. The molecular weight excluding hydrogens is 434 g/mol. The van der Waals surface area contributed by atoms with Gasteiger partial charge in [-0.05, 0) is 37.1 Å². The number of fused-ring (bicyclic) bond motifs is 1. The molecule has 1 saturated carbocycles. The lowest BCUT2D eigenvalue weighted by Gasteiger charge is -2.32. The maximum Gasteiger partial charge on any atom is 0.306 e. The van der Waals surface area contributed by atoms with Gasteiger partial charge in [-0.15, -0.1) is 0 Å². The van der Waals surface area contributed by atoms with Gasteiger partial charge >= 0.3 is 5.97 Å². The molecule has 0 radical (unpaired) electrons. The largest absolute Gasteiger partial charge is 0.490 e. The maximum absolute atomic E-state index is 13.8. The van der Waals surface area contributed by atoms with E-state index >= 15 is 0 Å². The molecule has 6 nitrogen and oxygen atoms in total. The molecular formula is C22H17ClF2O6. The monoisotopic (exact) mass is 450 g/mol. The van der Waals surface area contributed by atoms with Gasteiger partial charge < -0.3 is 19.0 Å². The summed E-state index contributed by atoms with van der Waals surface area (Å²) in [6, 6.07) is 6.97. The van der Waals surface area contributed by atoms with Crippen molar-refractivity contribution in [1.82, 2.24) is 0 Å². The first-order valence-corrected chi connectivity index (χ1v) is 9.89. The molecule has 1 aliphatic rings. The molecule has 1 aliphatic carbocycles. The van der Waals surface area contributed by atoms with Crippen molar-refractivity contribution in [2.75, 3.05) is 13.2 Å². The smallest absolute Gasteiger partial charge is 0.306 e. The fourth-order valence-electron chi connectivity index (χ4n) is 3.40. The molecule has 1 aromatic heterocycles. The number of hydrogen-bond donors (Lipinski definition) is 1. The van der Waals surface area contributed by atoms with E-state index in [9.17, 15) is 18.4 Å². The lowest BCUT2D eigenvalue weighted by atomic mass is 9.82. The first-order chi connectivity index (χ1) is 14.8. The highest BCUT2D eigenvalue weighted by Crippen LogP contribution is 2.34. The molecule has 0 aliphatic heterocycles. The number of hydrogen-bond acceptors (Lipinski definition) is 5. The van der Waals surface area contributed by atoms with Crippen LogP contribution < -0.4 is 10.2 Å². The summed E-state index contributed by atoms with van der Waals surface area (Å²) >= 11 is 6.02. The highest BCUT2D eigenvalue weighted by molar-refractivity contribution is 6.34. The van der Waals surface area contributed by atoms with Gasteiger partial charge in [-0.2, -0.15) is 0 Å². The predicted octanol–water partition coefficient (Wildman–Crippen LogP) is 4.65. The summed E-state index contributed by atoms with van der Waals surface area (Å²) in [5, 5.41) is 8.81. The van der Waals surface area contributed by atoms with E-state index in [1.165, 1.54) is 12.1 Å². The average molecular weight is 451 g/mol. The fourth-order valence-corrected chi connectivity index (χ4v) is 3.65. The number of carbonyl (C=O) groups is 1. The van der Waals surface area contributed by atoms with E-state index in [-0.39, 0.29) is 52.7 Å². The second-order valence-electron chi connectivity index (χ2n) is 7.23. The summed E-state index contributed by atoms with van der Waals surface area (Å²) < 4.78 is 44.3. The molecule has 0 unspecified atom stereocenters. The minimum absolute atomic E-state index is 0.00751. The number of aliphatic carboxylic acids is 1. The van der Waals surface area contributed by atoms with Crippen molar-refractivity contribution in [3.8, 4) is 17.1 Å². The molecule has 2 aromatic carbocycles. The summed E-state index contributed by atoms with van der Waals surface area (Å²) in [7, 11) is 0. The standard InChI is InChI=1S/C22H17ClF2O6/c23-17-8-13(25)7-16-18(26)10-20(31-21(16)17)15-2-1-12(24)9-19(15)30-4-3-29-14-5-11(6-14)22(27)28/h1-2,7-11,14H,3-6H2,(H,27,28). The van der Waals surface area contributed by atoms with E-state index in [4.69, 9.17) is 30.6 Å². The molecule has 162 valence electrons. The highest BCUT2D eigenvalue weighted by atomic mass is 35.5. The van der Waals surface area contributed by atoms with Gasteiger partial charge in [-0.25, -0.2) is 8.78 Å². The lowest BCUT2D eigenvalue weighted by Crippen LogP contribution is -2.37. The highest BCUT2D eigenvalue weighted by Gasteiger charge is 2.35. The molecule has 1 heterocycles. The summed E-state index contributed by atoms with van der Waals surface area (Å²) in [6.07, 6.45) is 0.756. The summed E-state index contributed by atoms with van der Waals surface area (Å²) in [4.78, 5) is 23.3. The van der Waals surface area contributed by atoms with E-state index in [2.05, 4.69) is 0 Å². The van der Waals surface area contributed by atoms with Crippen molar-refractivity contribution in [3.05, 3.63) is 63.3 Å². The molecule has 9 heteroatoms. The van der Waals surface area contributed by atoms with Crippen molar-refractivity contribution in [2.45, 2.75) is 18.9 Å². The Morgan fingerprint density at radius 1 is 1.13 bits per heavy atom. The molecule has 0 bridgehead atoms. The Bertz CT molecular complexity index is 1200. The van der Waals surface area contributed by atoms with Gasteiger partial charge in [0.1, 0.15) is 29.8 Å². The van der Waals surface area contributed by atoms with Gasteiger partial charge in [0.15, 0.2) is 11.0 Å². The van der Waals surface area contributed by atoms with Gasteiger partial charge in [0, 0.05) is 12.1 Å². The van der Waals surface area contributed by atoms with E-state index < -0.39 is 23.0 Å².